The zero-order chi connectivity index (χ0) is 14.2. The Bertz CT molecular complexity index is 632. The number of para-hydroxylation sites is 1. The fourth-order valence-electron chi connectivity index (χ4n) is 3.53. The third-order valence-electron chi connectivity index (χ3n) is 4.68. The molecule has 1 fully saturated rings. The average molecular weight is 280 g/mol. The molecule has 0 unspecified atom stereocenters. The fourth-order valence-corrected chi connectivity index (χ4v) is 3.53. The molecular formula is C19H20O2. The van der Waals surface area contributed by atoms with Gasteiger partial charge in [0.05, 0.1) is 12.7 Å². The van der Waals surface area contributed by atoms with E-state index in [-0.39, 0.29) is 12.2 Å². The molecule has 2 aliphatic heterocycles. The van der Waals surface area contributed by atoms with Gasteiger partial charge in [-0.2, -0.15) is 0 Å². The second-order valence-electron chi connectivity index (χ2n) is 6.12. The van der Waals surface area contributed by atoms with Gasteiger partial charge >= 0.3 is 0 Å². The molecule has 0 amide bonds. The molecule has 2 nitrogen and oxygen atoms in total. The maximum absolute atomic E-state index is 6.23. The van der Waals surface area contributed by atoms with Crippen LogP contribution < -0.4 is 4.74 Å². The van der Waals surface area contributed by atoms with Crippen LogP contribution in [0, 0.1) is 12.8 Å². The van der Waals surface area contributed by atoms with E-state index in [1.807, 2.05) is 0 Å². The van der Waals surface area contributed by atoms with Crippen molar-refractivity contribution in [2.45, 2.75) is 32.0 Å². The fraction of sp³-hybridized carbons (Fsp3) is 0.368. The molecule has 3 atom stereocenters. The average Bonchev–Trinajstić information content (AvgIpc) is 2.53. The molecule has 2 heteroatoms. The molecule has 108 valence electrons. The second-order valence-corrected chi connectivity index (χ2v) is 6.12. The number of hydrogen-bond donors (Lipinski definition) is 0. The van der Waals surface area contributed by atoms with Crippen molar-refractivity contribution in [1.29, 1.82) is 0 Å². The Kier molecular flexibility index (Phi) is 3.19. The van der Waals surface area contributed by atoms with E-state index in [9.17, 15) is 0 Å². The van der Waals surface area contributed by atoms with E-state index in [0.717, 1.165) is 25.2 Å². The van der Waals surface area contributed by atoms with Gasteiger partial charge in [-0.05, 0) is 30.5 Å². The summed E-state index contributed by atoms with van der Waals surface area (Å²) in [6.07, 6.45) is 2.46. The van der Waals surface area contributed by atoms with E-state index < -0.39 is 0 Å². The summed E-state index contributed by atoms with van der Waals surface area (Å²) in [5.41, 5.74) is 3.87. The molecule has 0 bridgehead atoms. The number of aryl methyl sites for hydroxylation is 1. The molecule has 2 aliphatic rings. The third-order valence-corrected chi connectivity index (χ3v) is 4.68. The van der Waals surface area contributed by atoms with Crippen LogP contribution in [0.1, 0.15) is 29.2 Å². The number of hydrogen-bond acceptors (Lipinski definition) is 2. The predicted molar refractivity (Wildman–Crippen MR) is 82.5 cm³/mol. The first-order valence-corrected chi connectivity index (χ1v) is 7.74. The summed E-state index contributed by atoms with van der Waals surface area (Å²) in [4.78, 5) is 0. The van der Waals surface area contributed by atoms with Crippen molar-refractivity contribution in [2.75, 3.05) is 6.61 Å². The van der Waals surface area contributed by atoms with E-state index in [0.29, 0.717) is 5.92 Å². The lowest BCUT2D eigenvalue weighted by molar-refractivity contribution is -0.0920. The lowest BCUT2D eigenvalue weighted by Crippen LogP contribution is -2.42. The van der Waals surface area contributed by atoms with Crippen LogP contribution in [0.15, 0.2) is 48.5 Å². The molecule has 0 saturated carbocycles. The van der Waals surface area contributed by atoms with Gasteiger partial charge < -0.3 is 9.47 Å². The second kappa shape index (κ2) is 5.19. The van der Waals surface area contributed by atoms with E-state index in [4.69, 9.17) is 9.47 Å². The summed E-state index contributed by atoms with van der Waals surface area (Å²) in [5, 5.41) is 0. The zero-order valence-electron chi connectivity index (χ0n) is 12.3. The molecule has 1 saturated heterocycles. The summed E-state index contributed by atoms with van der Waals surface area (Å²) in [7, 11) is 0. The van der Waals surface area contributed by atoms with Crippen molar-refractivity contribution < 1.29 is 9.47 Å². The SMILES string of the molecule is Cc1ccc([C@@H]2OCC[C@@H]3Oc4ccccc4C[C@@H]32)cc1. The summed E-state index contributed by atoms with van der Waals surface area (Å²) < 4.78 is 12.3. The Hall–Kier alpha value is -1.80. The summed E-state index contributed by atoms with van der Waals surface area (Å²) >= 11 is 0. The molecule has 0 radical (unpaired) electrons. The topological polar surface area (TPSA) is 18.5 Å². The number of fused-ring (bicyclic) bond motifs is 2. The first-order chi connectivity index (χ1) is 10.3. The van der Waals surface area contributed by atoms with E-state index in [2.05, 4.69) is 55.5 Å². The van der Waals surface area contributed by atoms with Crippen LogP contribution in [0.25, 0.3) is 0 Å². The first-order valence-electron chi connectivity index (χ1n) is 7.74. The standard InChI is InChI=1S/C19H20O2/c1-13-6-8-14(9-7-13)19-16-12-15-4-2-3-5-17(15)21-18(16)10-11-20-19/h2-9,16,18-19H,10-12H2,1H3/t16-,18-,19-/m0/s1. The van der Waals surface area contributed by atoms with Crippen LogP contribution in [0.2, 0.25) is 0 Å². The Labute approximate surface area is 125 Å². The normalized spacial score (nSPS) is 27.4. The maximum Gasteiger partial charge on any atom is 0.122 e. The van der Waals surface area contributed by atoms with Crippen molar-refractivity contribution in [3.05, 3.63) is 65.2 Å². The molecule has 21 heavy (non-hydrogen) atoms. The van der Waals surface area contributed by atoms with Crippen LogP contribution >= 0.6 is 0 Å². The van der Waals surface area contributed by atoms with Crippen LogP contribution in [-0.4, -0.2) is 12.7 Å². The van der Waals surface area contributed by atoms with Crippen molar-refractivity contribution in [3.8, 4) is 5.75 Å². The molecular weight excluding hydrogens is 260 g/mol. The van der Waals surface area contributed by atoms with Crippen molar-refractivity contribution in [2.24, 2.45) is 5.92 Å². The van der Waals surface area contributed by atoms with Crippen molar-refractivity contribution in [1.82, 2.24) is 0 Å². The monoisotopic (exact) mass is 280 g/mol. The minimum atomic E-state index is 0.151. The highest BCUT2D eigenvalue weighted by Crippen LogP contribution is 2.42. The molecule has 2 aromatic carbocycles. The highest BCUT2D eigenvalue weighted by molar-refractivity contribution is 5.37. The lowest BCUT2D eigenvalue weighted by atomic mass is 9.80. The van der Waals surface area contributed by atoms with Crippen LogP contribution in [0.3, 0.4) is 0 Å². The van der Waals surface area contributed by atoms with E-state index >= 15 is 0 Å². The Morgan fingerprint density at radius 2 is 1.81 bits per heavy atom. The van der Waals surface area contributed by atoms with Gasteiger partial charge in [0, 0.05) is 12.3 Å². The van der Waals surface area contributed by atoms with E-state index in [1.165, 1.54) is 16.7 Å². The predicted octanol–water partition coefficient (Wildman–Crippen LogP) is 4.08. The van der Waals surface area contributed by atoms with Gasteiger partial charge in [0.1, 0.15) is 11.9 Å². The highest BCUT2D eigenvalue weighted by Gasteiger charge is 2.39. The highest BCUT2D eigenvalue weighted by atomic mass is 16.5. The Morgan fingerprint density at radius 1 is 1.00 bits per heavy atom. The van der Waals surface area contributed by atoms with Crippen molar-refractivity contribution in [3.63, 3.8) is 0 Å². The first kappa shape index (κ1) is 12.9. The summed E-state index contributed by atoms with van der Waals surface area (Å²) in [6.45, 7) is 2.90. The molecule has 2 aromatic rings. The summed E-state index contributed by atoms with van der Waals surface area (Å²) in [5.74, 6) is 1.47. The van der Waals surface area contributed by atoms with Gasteiger partial charge in [-0.15, -0.1) is 0 Å². The van der Waals surface area contributed by atoms with Gasteiger partial charge in [0.2, 0.25) is 0 Å². The lowest BCUT2D eigenvalue weighted by Gasteiger charge is -2.42. The van der Waals surface area contributed by atoms with Crippen molar-refractivity contribution >= 4 is 0 Å². The quantitative estimate of drug-likeness (QED) is 0.783. The van der Waals surface area contributed by atoms with Gasteiger partial charge in [0.25, 0.3) is 0 Å². The van der Waals surface area contributed by atoms with E-state index in [1.54, 1.807) is 0 Å². The minimum absolute atomic E-state index is 0.151. The van der Waals surface area contributed by atoms with Gasteiger partial charge in [-0.3, -0.25) is 0 Å². The molecule has 4 rings (SSSR count). The Balaban J connectivity index is 1.66. The van der Waals surface area contributed by atoms with Gasteiger partial charge in [0.15, 0.2) is 0 Å². The smallest absolute Gasteiger partial charge is 0.122 e. The summed E-state index contributed by atoms with van der Waals surface area (Å²) in [6, 6.07) is 17.1. The number of benzene rings is 2. The largest absolute Gasteiger partial charge is 0.490 e. The third kappa shape index (κ3) is 2.34. The molecule has 0 N–H and O–H groups in total. The molecule has 2 heterocycles. The molecule has 0 aliphatic carbocycles. The zero-order valence-corrected chi connectivity index (χ0v) is 12.3. The minimum Gasteiger partial charge on any atom is -0.490 e. The van der Waals surface area contributed by atoms with Gasteiger partial charge in [-0.25, -0.2) is 0 Å². The van der Waals surface area contributed by atoms with Gasteiger partial charge in [-0.1, -0.05) is 48.0 Å². The molecule has 0 spiro atoms. The van der Waals surface area contributed by atoms with Crippen LogP contribution in [0.4, 0.5) is 0 Å². The number of ether oxygens (including phenoxy) is 2. The Morgan fingerprint density at radius 3 is 2.67 bits per heavy atom. The van der Waals surface area contributed by atoms with Crippen LogP contribution in [0.5, 0.6) is 5.75 Å². The molecule has 0 aromatic heterocycles. The maximum atomic E-state index is 6.23. The number of rotatable bonds is 1. The van der Waals surface area contributed by atoms with Crippen LogP contribution in [-0.2, 0) is 11.2 Å².